The number of amides is 3. The molecule has 2 aromatic rings. The Morgan fingerprint density at radius 3 is 2.07 bits per heavy atom. The van der Waals surface area contributed by atoms with Gasteiger partial charge in [-0.05, 0) is 48.7 Å². The number of halogens is 2. The fourth-order valence-electron chi connectivity index (χ4n) is 2.70. The summed E-state index contributed by atoms with van der Waals surface area (Å²) in [6, 6.07) is 10.2. The molecular weight excluding hydrogens is 364 g/mol. The van der Waals surface area contributed by atoms with Crippen molar-refractivity contribution in [3.63, 3.8) is 0 Å². The molecule has 0 saturated carbocycles. The molecule has 0 saturated heterocycles. The Hall–Kier alpha value is -2.96. The Bertz CT molecular complexity index is 779. The van der Waals surface area contributed by atoms with Crippen LogP contribution in [-0.2, 0) is 11.3 Å². The van der Waals surface area contributed by atoms with Crippen LogP contribution in [0.5, 0.6) is 0 Å². The third-order valence-electron chi connectivity index (χ3n) is 4.29. The van der Waals surface area contributed by atoms with Crippen molar-refractivity contribution < 1.29 is 18.4 Å². The molecule has 0 bridgehead atoms. The van der Waals surface area contributed by atoms with E-state index in [-0.39, 0.29) is 30.1 Å². The van der Waals surface area contributed by atoms with E-state index in [0.29, 0.717) is 12.8 Å². The molecule has 28 heavy (non-hydrogen) atoms. The number of urea groups is 1. The molecule has 0 radical (unpaired) electrons. The molecule has 7 heteroatoms. The van der Waals surface area contributed by atoms with E-state index in [1.807, 2.05) is 6.92 Å². The van der Waals surface area contributed by atoms with Crippen LogP contribution in [0.15, 0.2) is 48.5 Å². The van der Waals surface area contributed by atoms with Gasteiger partial charge in [-0.2, -0.15) is 0 Å². The van der Waals surface area contributed by atoms with E-state index in [9.17, 15) is 18.4 Å². The summed E-state index contributed by atoms with van der Waals surface area (Å²) in [5, 5.41) is 8.17. The monoisotopic (exact) mass is 389 g/mol. The van der Waals surface area contributed by atoms with E-state index in [0.717, 1.165) is 11.1 Å². The molecule has 0 aliphatic rings. The van der Waals surface area contributed by atoms with Crippen LogP contribution in [0.2, 0.25) is 0 Å². The van der Waals surface area contributed by atoms with E-state index in [2.05, 4.69) is 16.0 Å². The number of carbonyl (C=O) groups is 2. The quantitative estimate of drug-likeness (QED) is 0.643. The summed E-state index contributed by atoms with van der Waals surface area (Å²) in [5.41, 5.74) is 1.52. The minimum atomic E-state index is -0.693. The van der Waals surface area contributed by atoms with Crippen LogP contribution in [-0.4, -0.2) is 18.0 Å². The minimum Gasteiger partial charge on any atom is -0.348 e. The Morgan fingerprint density at radius 1 is 0.929 bits per heavy atom. The molecule has 2 rings (SSSR count). The highest BCUT2D eigenvalue weighted by Crippen LogP contribution is 2.13. The first-order chi connectivity index (χ1) is 13.4. The van der Waals surface area contributed by atoms with Crippen LogP contribution in [0.3, 0.4) is 0 Å². The number of hydrogen-bond donors (Lipinski definition) is 3. The van der Waals surface area contributed by atoms with Crippen LogP contribution in [0.4, 0.5) is 13.6 Å². The molecule has 2 atom stereocenters. The fraction of sp³-hybridized carbons (Fsp3) is 0.333. The molecule has 0 aliphatic heterocycles. The van der Waals surface area contributed by atoms with Crippen LogP contribution < -0.4 is 16.0 Å². The van der Waals surface area contributed by atoms with Gasteiger partial charge < -0.3 is 16.0 Å². The van der Waals surface area contributed by atoms with Gasteiger partial charge in [0.05, 0.1) is 6.04 Å². The highest BCUT2D eigenvalue weighted by molar-refractivity contribution is 5.87. The Labute approximate surface area is 163 Å². The third kappa shape index (κ3) is 6.64. The zero-order chi connectivity index (χ0) is 20.5. The number of benzene rings is 2. The third-order valence-corrected chi connectivity index (χ3v) is 4.29. The Balaban J connectivity index is 1.89. The predicted molar refractivity (Wildman–Crippen MR) is 103 cm³/mol. The molecule has 0 fully saturated rings. The summed E-state index contributed by atoms with van der Waals surface area (Å²) in [5.74, 6) is -0.996. The largest absolute Gasteiger partial charge is 0.348 e. The maximum atomic E-state index is 13.0. The van der Waals surface area contributed by atoms with Gasteiger partial charge in [0, 0.05) is 6.54 Å². The number of hydrogen-bond acceptors (Lipinski definition) is 2. The lowest BCUT2D eigenvalue weighted by Gasteiger charge is -2.21. The van der Waals surface area contributed by atoms with E-state index in [1.165, 1.54) is 24.3 Å². The first kappa shape index (κ1) is 21.3. The predicted octanol–water partition coefficient (Wildman–Crippen LogP) is 3.81. The SMILES string of the molecule is CCCC(NC(=O)NCc1ccc(F)cc1)C(=O)NC(C)c1ccc(F)cc1. The maximum Gasteiger partial charge on any atom is 0.315 e. The second-order valence-corrected chi connectivity index (χ2v) is 6.58. The second kappa shape index (κ2) is 10.4. The van der Waals surface area contributed by atoms with Gasteiger partial charge in [-0.25, -0.2) is 13.6 Å². The van der Waals surface area contributed by atoms with E-state index in [4.69, 9.17) is 0 Å². The first-order valence-corrected chi connectivity index (χ1v) is 9.23. The van der Waals surface area contributed by atoms with Crippen LogP contribution in [0.1, 0.15) is 43.9 Å². The first-order valence-electron chi connectivity index (χ1n) is 9.23. The van der Waals surface area contributed by atoms with Gasteiger partial charge in [0.25, 0.3) is 0 Å². The smallest absolute Gasteiger partial charge is 0.315 e. The van der Waals surface area contributed by atoms with Crippen molar-refractivity contribution in [3.8, 4) is 0 Å². The molecule has 3 N–H and O–H groups in total. The Morgan fingerprint density at radius 2 is 1.50 bits per heavy atom. The van der Waals surface area contributed by atoms with Gasteiger partial charge in [-0.1, -0.05) is 37.6 Å². The van der Waals surface area contributed by atoms with Crippen molar-refractivity contribution in [1.82, 2.24) is 16.0 Å². The molecular formula is C21H25F2N3O2. The summed E-state index contributed by atoms with van der Waals surface area (Å²) in [6.45, 7) is 3.93. The number of carbonyl (C=O) groups excluding carboxylic acids is 2. The van der Waals surface area contributed by atoms with Crippen molar-refractivity contribution in [2.75, 3.05) is 0 Å². The lowest BCUT2D eigenvalue weighted by atomic mass is 10.1. The van der Waals surface area contributed by atoms with Gasteiger partial charge in [-0.3, -0.25) is 4.79 Å². The lowest BCUT2D eigenvalue weighted by Crippen LogP contribution is -2.50. The molecule has 2 unspecified atom stereocenters. The maximum absolute atomic E-state index is 13.0. The summed E-state index contributed by atoms with van der Waals surface area (Å²) in [6.07, 6.45) is 1.19. The van der Waals surface area contributed by atoms with E-state index < -0.39 is 12.1 Å². The zero-order valence-corrected chi connectivity index (χ0v) is 16.0. The zero-order valence-electron chi connectivity index (χ0n) is 16.0. The van der Waals surface area contributed by atoms with Crippen molar-refractivity contribution in [2.24, 2.45) is 0 Å². The summed E-state index contributed by atoms with van der Waals surface area (Å²) < 4.78 is 26.0. The van der Waals surface area contributed by atoms with Crippen molar-refractivity contribution in [3.05, 3.63) is 71.3 Å². The number of rotatable bonds is 8. The molecule has 3 amide bonds. The van der Waals surface area contributed by atoms with Gasteiger partial charge in [-0.15, -0.1) is 0 Å². The van der Waals surface area contributed by atoms with Gasteiger partial charge >= 0.3 is 6.03 Å². The molecule has 0 heterocycles. The lowest BCUT2D eigenvalue weighted by molar-refractivity contribution is -0.123. The van der Waals surface area contributed by atoms with Gasteiger partial charge in [0.15, 0.2) is 0 Å². The standard InChI is InChI=1S/C21H25F2N3O2/c1-3-4-19(20(27)25-14(2)16-7-11-18(23)12-8-16)26-21(28)24-13-15-5-9-17(22)10-6-15/h5-12,14,19H,3-4,13H2,1-2H3,(H,25,27)(H2,24,26,28). The van der Waals surface area contributed by atoms with Crippen LogP contribution >= 0.6 is 0 Å². The van der Waals surface area contributed by atoms with Crippen LogP contribution in [0.25, 0.3) is 0 Å². The van der Waals surface area contributed by atoms with Crippen molar-refractivity contribution in [1.29, 1.82) is 0 Å². The second-order valence-electron chi connectivity index (χ2n) is 6.58. The van der Waals surface area contributed by atoms with Crippen molar-refractivity contribution >= 4 is 11.9 Å². The molecule has 0 aliphatic carbocycles. The average molecular weight is 389 g/mol. The molecule has 2 aromatic carbocycles. The molecule has 0 aromatic heterocycles. The average Bonchev–Trinajstić information content (AvgIpc) is 2.67. The summed E-state index contributed by atoms with van der Waals surface area (Å²) >= 11 is 0. The topological polar surface area (TPSA) is 70.2 Å². The molecule has 150 valence electrons. The van der Waals surface area contributed by atoms with E-state index >= 15 is 0 Å². The van der Waals surface area contributed by atoms with Crippen LogP contribution in [0, 0.1) is 11.6 Å². The van der Waals surface area contributed by atoms with Gasteiger partial charge in [0.2, 0.25) is 5.91 Å². The van der Waals surface area contributed by atoms with Gasteiger partial charge in [0.1, 0.15) is 17.7 Å². The summed E-state index contributed by atoms with van der Waals surface area (Å²) in [7, 11) is 0. The molecule has 0 spiro atoms. The fourth-order valence-corrected chi connectivity index (χ4v) is 2.70. The number of nitrogens with one attached hydrogen (secondary N) is 3. The highest BCUT2D eigenvalue weighted by atomic mass is 19.1. The highest BCUT2D eigenvalue weighted by Gasteiger charge is 2.21. The van der Waals surface area contributed by atoms with Crippen molar-refractivity contribution in [2.45, 2.75) is 45.3 Å². The minimum absolute atomic E-state index is 0.221. The summed E-state index contributed by atoms with van der Waals surface area (Å²) in [4.78, 5) is 24.7. The molecule has 5 nitrogen and oxygen atoms in total. The van der Waals surface area contributed by atoms with E-state index in [1.54, 1.807) is 31.2 Å². The normalized spacial score (nSPS) is 12.7. The Kier molecular flexibility index (Phi) is 7.92.